The van der Waals surface area contributed by atoms with Gasteiger partial charge in [0.25, 0.3) is 0 Å². The summed E-state index contributed by atoms with van der Waals surface area (Å²) in [7, 11) is -5.97. The maximum absolute atomic E-state index is 10.9. The Bertz CT molecular complexity index is 306. The topological polar surface area (TPSA) is 71.5 Å². The van der Waals surface area contributed by atoms with Crippen LogP contribution >= 0.6 is 0 Å². The molecule has 0 aromatic rings. The van der Waals surface area contributed by atoms with Gasteiger partial charge in [-0.15, -0.1) is 0 Å². The predicted octanol–water partition coefficient (Wildman–Crippen LogP) is -1.02. The summed E-state index contributed by atoms with van der Waals surface area (Å²) in [6.45, 7) is 0. The fraction of sp³-hybridized carbons (Fsp3) is 1.00. The van der Waals surface area contributed by atoms with Gasteiger partial charge in [-0.25, -0.2) is 16.8 Å². The molecule has 5 nitrogen and oxygen atoms in total. The van der Waals surface area contributed by atoms with Crippen LogP contribution in [0.5, 0.6) is 0 Å². The third-order valence-electron chi connectivity index (χ3n) is 1.59. The molecule has 0 saturated carbocycles. The van der Waals surface area contributed by atoms with Crippen LogP contribution in [0.15, 0.2) is 0 Å². The summed E-state index contributed by atoms with van der Waals surface area (Å²) in [6.07, 6.45) is 0.203. The smallest absolute Gasteiger partial charge is 0.211 e. The second kappa shape index (κ2) is 2.43. The lowest BCUT2D eigenvalue weighted by molar-refractivity contribution is 0.515. The van der Waals surface area contributed by atoms with E-state index in [1.807, 2.05) is 0 Å². The third kappa shape index (κ3) is 1.54. The Hall–Kier alpha value is -0.140. The van der Waals surface area contributed by atoms with Crippen LogP contribution in [0.2, 0.25) is 0 Å². The Balaban J connectivity index is 3.15. The Morgan fingerprint density at radius 1 is 1.00 bits per heavy atom. The van der Waals surface area contributed by atoms with Crippen molar-refractivity contribution in [3.8, 4) is 0 Å². The fourth-order valence-electron chi connectivity index (χ4n) is 0.854. The molecule has 0 bridgehead atoms. The van der Waals surface area contributed by atoms with Crippen molar-refractivity contribution in [3.05, 3.63) is 0 Å². The van der Waals surface area contributed by atoms with Crippen molar-refractivity contribution in [1.29, 1.82) is 0 Å². The van der Waals surface area contributed by atoms with E-state index in [-0.39, 0.29) is 17.9 Å². The van der Waals surface area contributed by atoms with Gasteiger partial charge >= 0.3 is 0 Å². The van der Waals surface area contributed by atoms with E-state index in [1.165, 1.54) is 0 Å². The Kier molecular flexibility index (Phi) is 1.97. The van der Waals surface area contributed by atoms with Gasteiger partial charge in [0.15, 0.2) is 0 Å². The molecule has 0 unspecified atom stereocenters. The molecule has 0 N–H and O–H groups in total. The second-order valence-electron chi connectivity index (χ2n) is 2.37. The van der Waals surface area contributed by atoms with Crippen molar-refractivity contribution in [2.75, 3.05) is 18.6 Å². The maximum Gasteiger partial charge on any atom is 0.226 e. The number of rotatable bonds is 0. The van der Waals surface area contributed by atoms with Gasteiger partial charge in [0.05, 0.1) is 11.5 Å². The number of nitrogens with zero attached hydrogens (tertiary/aromatic N) is 1. The molecule has 0 atom stereocenters. The maximum atomic E-state index is 10.9. The molecule has 1 saturated heterocycles. The summed E-state index contributed by atoms with van der Waals surface area (Å²) in [6, 6.07) is 0. The molecule has 0 radical (unpaired) electrons. The van der Waals surface area contributed by atoms with Crippen LogP contribution in [-0.2, 0) is 20.0 Å². The second-order valence-corrected chi connectivity index (χ2v) is 6.84. The minimum Gasteiger partial charge on any atom is -0.211 e. The highest BCUT2D eigenvalue weighted by Gasteiger charge is 2.34. The van der Waals surface area contributed by atoms with E-state index >= 15 is 0 Å². The monoisotopic (exact) mass is 199 g/mol. The molecule has 11 heavy (non-hydrogen) atoms. The molecular formula is C4H9NO4S2. The van der Waals surface area contributed by atoms with Crippen molar-refractivity contribution >= 4 is 20.0 Å². The summed E-state index contributed by atoms with van der Waals surface area (Å²) >= 11 is 0. The zero-order valence-corrected chi connectivity index (χ0v) is 7.65. The van der Waals surface area contributed by atoms with E-state index in [4.69, 9.17) is 0 Å². The first-order valence-corrected chi connectivity index (χ1v) is 6.27. The standard InChI is InChI=1S/C4H9NO4S2/c1-5-10(6,7)3-2-4-11(5,8)9/h2-4H2,1H3. The third-order valence-corrected chi connectivity index (χ3v) is 6.13. The Morgan fingerprint density at radius 2 is 1.36 bits per heavy atom. The molecule has 1 aliphatic rings. The van der Waals surface area contributed by atoms with Crippen LogP contribution in [0.3, 0.4) is 0 Å². The Morgan fingerprint density at radius 3 is 1.64 bits per heavy atom. The van der Waals surface area contributed by atoms with E-state index in [0.717, 1.165) is 7.05 Å². The highest BCUT2D eigenvalue weighted by molar-refractivity contribution is 8.04. The van der Waals surface area contributed by atoms with Crippen LogP contribution in [0, 0.1) is 0 Å². The summed E-state index contributed by atoms with van der Waals surface area (Å²) in [4.78, 5) is 0. The van der Waals surface area contributed by atoms with Gasteiger partial charge < -0.3 is 0 Å². The Labute approximate surface area is 66.1 Å². The largest absolute Gasteiger partial charge is 0.226 e. The van der Waals surface area contributed by atoms with E-state index in [9.17, 15) is 16.8 Å². The van der Waals surface area contributed by atoms with Crippen molar-refractivity contribution in [1.82, 2.24) is 3.71 Å². The quantitative estimate of drug-likeness (QED) is 0.500. The lowest BCUT2D eigenvalue weighted by atomic mass is 10.6. The first-order valence-electron chi connectivity index (χ1n) is 3.06. The molecule has 0 aromatic carbocycles. The lowest BCUT2D eigenvalue weighted by Gasteiger charge is -2.21. The summed E-state index contributed by atoms with van der Waals surface area (Å²) in [5.74, 6) is -0.133. The molecule has 0 aromatic heterocycles. The van der Waals surface area contributed by atoms with Crippen LogP contribution in [0.25, 0.3) is 0 Å². The first kappa shape index (κ1) is 8.95. The minimum atomic E-state index is -3.52. The van der Waals surface area contributed by atoms with Gasteiger partial charge in [-0.1, -0.05) is 3.71 Å². The molecular weight excluding hydrogens is 190 g/mol. The molecule has 1 aliphatic heterocycles. The molecule has 0 amide bonds. The van der Waals surface area contributed by atoms with Gasteiger partial charge in [0, 0.05) is 7.05 Å². The van der Waals surface area contributed by atoms with Gasteiger partial charge in [-0.3, -0.25) is 0 Å². The number of sulfonamides is 2. The van der Waals surface area contributed by atoms with Crippen molar-refractivity contribution < 1.29 is 16.8 Å². The van der Waals surface area contributed by atoms with Crippen molar-refractivity contribution in [2.24, 2.45) is 0 Å². The number of hydrogen-bond acceptors (Lipinski definition) is 4. The minimum absolute atomic E-state index is 0.0667. The molecule has 1 rings (SSSR count). The van der Waals surface area contributed by atoms with E-state index in [0.29, 0.717) is 3.71 Å². The van der Waals surface area contributed by atoms with Crippen molar-refractivity contribution in [2.45, 2.75) is 6.42 Å². The summed E-state index contributed by atoms with van der Waals surface area (Å²) in [5.41, 5.74) is 0. The molecule has 0 aliphatic carbocycles. The molecule has 7 heteroatoms. The summed E-state index contributed by atoms with van der Waals surface area (Å²) < 4.78 is 44.2. The molecule has 1 fully saturated rings. The highest BCUT2D eigenvalue weighted by Crippen LogP contribution is 2.14. The van der Waals surface area contributed by atoms with Gasteiger partial charge in [-0.2, -0.15) is 0 Å². The van der Waals surface area contributed by atoms with Crippen LogP contribution in [0.4, 0.5) is 0 Å². The average Bonchev–Trinajstić information content (AvgIpc) is 1.82. The van der Waals surface area contributed by atoms with Gasteiger partial charge in [0.1, 0.15) is 0 Å². The zero-order chi connectivity index (χ0) is 8.70. The SMILES string of the molecule is CN1S(=O)(=O)CCCS1(=O)=O. The molecule has 66 valence electrons. The van der Waals surface area contributed by atoms with Crippen LogP contribution in [-0.4, -0.2) is 39.1 Å². The van der Waals surface area contributed by atoms with E-state index in [2.05, 4.69) is 0 Å². The van der Waals surface area contributed by atoms with Crippen LogP contribution in [0.1, 0.15) is 6.42 Å². The molecule has 0 spiro atoms. The van der Waals surface area contributed by atoms with Gasteiger partial charge in [-0.05, 0) is 6.42 Å². The van der Waals surface area contributed by atoms with Crippen LogP contribution < -0.4 is 0 Å². The van der Waals surface area contributed by atoms with Crippen molar-refractivity contribution in [3.63, 3.8) is 0 Å². The van der Waals surface area contributed by atoms with E-state index in [1.54, 1.807) is 0 Å². The van der Waals surface area contributed by atoms with Gasteiger partial charge in [0.2, 0.25) is 20.0 Å². The zero-order valence-electron chi connectivity index (χ0n) is 6.02. The lowest BCUT2D eigenvalue weighted by Crippen LogP contribution is -2.41. The first-order chi connectivity index (χ1) is 4.86. The average molecular weight is 199 g/mol. The summed E-state index contributed by atoms with van der Waals surface area (Å²) in [5, 5.41) is 0. The normalized spacial score (nSPS) is 29.9. The van der Waals surface area contributed by atoms with E-state index < -0.39 is 20.0 Å². The predicted molar refractivity (Wildman–Crippen MR) is 40.0 cm³/mol. The highest BCUT2D eigenvalue weighted by atomic mass is 32.3. The molecule has 1 heterocycles. The number of hydrogen-bond donors (Lipinski definition) is 0. The fourth-order valence-corrected chi connectivity index (χ4v) is 4.40.